The molecule has 0 N–H and O–H groups in total. The minimum atomic E-state index is -3.89. The van der Waals surface area contributed by atoms with Gasteiger partial charge in [-0.25, -0.2) is 8.42 Å². The third kappa shape index (κ3) is 5.20. The topological polar surface area (TPSA) is 60.9 Å². The lowest BCUT2D eigenvalue weighted by molar-refractivity contribution is -0.129. The zero-order valence-electron chi connectivity index (χ0n) is 18.8. The largest absolute Gasteiger partial charge is 0.368 e. The number of hydrogen-bond acceptors (Lipinski definition) is 4. The highest BCUT2D eigenvalue weighted by molar-refractivity contribution is 7.92. The first-order valence-electron chi connectivity index (χ1n) is 11.2. The number of piperazine rings is 1. The van der Waals surface area contributed by atoms with Gasteiger partial charge in [-0.3, -0.25) is 9.10 Å². The molecule has 1 heterocycles. The Morgan fingerprint density at radius 2 is 1.39 bits per heavy atom. The number of benzene rings is 3. The van der Waals surface area contributed by atoms with Crippen LogP contribution >= 0.6 is 0 Å². The van der Waals surface area contributed by atoms with Gasteiger partial charge in [-0.15, -0.1) is 0 Å². The van der Waals surface area contributed by atoms with Gasteiger partial charge in [-0.1, -0.05) is 55.5 Å². The average molecular weight is 464 g/mol. The Balaban J connectivity index is 1.53. The number of carbonyl (C=O) groups excluding carboxylic acids is 1. The van der Waals surface area contributed by atoms with E-state index in [-0.39, 0.29) is 17.3 Å². The van der Waals surface area contributed by atoms with E-state index in [1.54, 1.807) is 47.4 Å². The molecule has 3 aromatic carbocycles. The SMILES string of the molecule is CCc1ccc(N(CC(=O)N2CCN(c3ccccc3)CC2)S(=O)(=O)c2ccccc2)cc1. The van der Waals surface area contributed by atoms with Crippen LogP contribution < -0.4 is 9.21 Å². The molecule has 0 atom stereocenters. The Kier molecular flexibility index (Phi) is 6.99. The van der Waals surface area contributed by atoms with Crippen molar-refractivity contribution in [1.82, 2.24) is 4.90 Å². The molecule has 3 aromatic rings. The monoisotopic (exact) mass is 463 g/mol. The second-order valence-electron chi connectivity index (χ2n) is 8.05. The molecule has 1 aliphatic heterocycles. The highest BCUT2D eigenvalue weighted by Crippen LogP contribution is 2.25. The molecule has 0 bridgehead atoms. The Bertz CT molecular complexity index is 1160. The number of anilines is 2. The van der Waals surface area contributed by atoms with E-state index in [4.69, 9.17) is 0 Å². The minimum absolute atomic E-state index is 0.172. The molecule has 1 amide bonds. The summed E-state index contributed by atoms with van der Waals surface area (Å²) in [6.45, 7) is 4.36. The van der Waals surface area contributed by atoms with Crippen molar-refractivity contribution in [1.29, 1.82) is 0 Å². The summed E-state index contributed by atoms with van der Waals surface area (Å²) in [6, 6.07) is 25.8. The second kappa shape index (κ2) is 10.1. The van der Waals surface area contributed by atoms with Crippen LogP contribution in [0.25, 0.3) is 0 Å². The summed E-state index contributed by atoms with van der Waals surface area (Å²) in [7, 11) is -3.89. The lowest BCUT2D eigenvalue weighted by Gasteiger charge is -2.37. The molecule has 0 saturated carbocycles. The van der Waals surface area contributed by atoms with E-state index in [9.17, 15) is 13.2 Å². The van der Waals surface area contributed by atoms with Crippen molar-refractivity contribution in [2.45, 2.75) is 18.2 Å². The first kappa shape index (κ1) is 22.9. The molecule has 6 nitrogen and oxygen atoms in total. The molecule has 0 aliphatic carbocycles. The summed E-state index contributed by atoms with van der Waals surface area (Å²) in [6.07, 6.45) is 0.857. The third-order valence-electron chi connectivity index (χ3n) is 6.00. The van der Waals surface area contributed by atoms with Crippen LogP contribution in [-0.2, 0) is 21.2 Å². The van der Waals surface area contributed by atoms with Crippen LogP contribution in [0, 0.1) is 0 Å². The molecule has 4 rings (SSSR count). The van der Waals surface area contributed by atoms with Crippen molar-refractivity contribution in [3.05, 3.63) is 90.5 Å². The predicted octanol–water partition coefficient (Wildman–Crippen LogP) is 3.79. The summed E-state index contributed by atoms with van der Waals surface area (Å²) in [5.41, 5.74) is 2.74. The van der Waals surface area contributed by atoms with Crippen molar-refractivity contribution in [2.75, 3.05) is 41.9 Å². The van der Waals surface area contributed by atoms with E-state index < -0.39 is 10.0 Å². The molecule has 0 spiro atoms. The molecule has 7 heteroatoms. The van der Waals surface area contributed by atoms with Crippen LogP contribution in [0.15, 0.2) is 89.8 Å². The van der Waals surface area contributed by atoms with E-state index in [0.29, 0.717) is 31.9 Å². The van der Waals surface area contributed by atoms with Crippen molar-refractivity contribution in [2.24, 2.45) is 0 Å². The van der Waals surface area contributed by atoms with E-state index in [1.807, 2.05) is 37.3 Å². The predicted molar refractivity (Wildman–Crippen MR) is 132 cm³/mol. The Morgan fingerprint density at radius 1 is 0.818 bits per heavy atom. The molecular weight excluding hydrogens is 434 g/mol. The summed E-state index contributed by atoms with van der Waals surface area (Å²) < 4.78 is 28.2. The molecule has 0 aromatic heterocycles. The summed E-state index contributed by atoms with van der Waals surface area (Å²) >= 11 is 0. The van der Waals surface area contributed by atoms with Crippen LogP contribution in [0.5, 0.6) is 0 Å². The molecule has 0 unspecified atom stereocenters. The summed E-state index contributed by atoms with van der Waals surface area (Å²) in [5, 5.41) is 0. The zero-order valence-corrected chi connectivity index (χ0v) is 19.6. The van der Waals surface area contributed by atoms with Crippen molar-refractivity contribution < 1.29 is 13.2 Å². The molecule has 0 radical (unpaired) electrons. The van der Waals surface area contributed by atoms with Crippen LogP contribution in [-0.4, -0.2) is 51.9 Å². The van der Waals surface area contributed by atoms with Gasteiger partial charge in [0.2, 0.25) is 5.91 Å². The number of aryl methyl sites for hydroxylation is 1. The van der Waals surface area contributed by atoms with Crippen LogP contribution in [0.2, 0.25) is 0 Å². The van der Waals surface area contributed by atoms with Gasteiger partial charge in [0.25, 0.3) is 10.0 Å². The van der Waals surface area contributed by atoms with Gasteiger partial charge in [-0.2, -0.15) is 0 Å². The van der Waals surface area contributed by atoms with E-state index >= 15 is 0 Å². The van der Waals surface area contributed by atoms with Gasteiger partial charge < -0.3 is 9.80 Å². The Labute approximate surface area is 196 Å². The quantitative estimate of drug-likeness (QED) is 0.535. The van der Waals surface area contributed by atoms with E-state index in [1.165, 1.54) is 4.31 Å². The lowest BCUT2D eigenvalue weighted by Crippen LogP contribution is -2.52. The number of hydrogen-bond donors (Lipinski definition) is 0. The molecule has 1 saturated heterocycles. The van der Waals surface area contributed by atoms with Crippen LogP contribution in [0.1, 0.15) is 12.5 Å². The fourth-order valence-electron chi connectivity index (χ4n) is 4.01. The van der Waals surface area contributed by atoms with Gasteiger partial charge in [0.1, 0.15) is 6.54 Å². The van der Waals surface area contributed by atoms with Crippen LogP contribution in [0.4, 0.5) is 11.4 Å². The van der Waals surface area contributed by atoms with Crippen molar-refractivity contribution >= 4 is 27.3 Å². The third-order valence-corrected chi connectivity index (χ3v) is 7.78. The molecule has 33 heavy (non-hydrogen) atoms. The molecule has 1 fully saturated rings. The summed E-state index contributed by atoms with van der Waals surface area (Å²) in [5.74, 6) is -0.193. The Hall–Kier alpha value is -3.32. The van der Waals surface area contributed by atoms with E-state index in [2.05, 4.69) is 17.0 Å². The maximum Gasteiger partial charge on any atom is 0.264 e. The average Bonchev–Trinajstić information content (AvgIpc) is 2.88. The number of rotatable bonds is 7. The maximum absolute atomic E-state index is 13.5. The highest BCUT2D eigenvalue weighted by atomic mass is 32.2. The van der Waals surface area contributed by atoms with Crippen molar-refractivity contribution in [3.63, 3.8) is 0 Å². The Morgan fingerprint density at radius 3 is 1.97 bits per heavy atom. The van der Waals surface area contributed by atoms with Gasteiger partial charge in [0.15, 0.2) is 0 Å². The number of sulfonamides is 1. The van der Waals surface area contributed by atoms with E-state index in [0.717, 1.165) is 17.7 Å². The zero-order chi connectivity index (χ0) is 23.3. The normalized spacial score (nSPS) is 14.2. The van der Waals surface area contributed by atoms with Crippen LogP contribution in [0.3, 0.4) is 0 Å². The minimum Gasteiger partial charge on any atom is -0.368 e. The standard InChI is InChI=1S/C26H29N3O3S/c1-2-22-13-15-24(16-14-22)29(33(31,32)25-11-7-4-8-12-25)21-26(30)28-19-17-27(18-20-28)23-9-5-3-6-10-23/h3-16H,2,17-21H2,1H3. The fraction of sp³-hybridized carbons (Fsp3) is 0.269. The molecule has 172 valence electrons. The second-order valence-corrected chi connectivity index (χ2v) is 9.91. The first-order valence-corrected chi connectivity index (χ1v) is 12.7. The molecular formula is C26H29N3O3S. The van der Waals surface area contributed by atoms with Gasteiger partial charge in [0, 0.05) is 31.9 Å². The molecule has 1 aliphatic rings. The van der Waals surface area contributed by atoms with Crippen molar-refractivity contribution in [3.8, 4) is 0 Å². The summed E-state index contributed by atoms with van der Waals surface area (Å²) in [4.78, 5) is 17.4. The number of amides is 1. The van der Waals surface area contributed by atoms with Gasteiger partial charge >= 0.3 is 0 Å². The number of carbonyl (C=O) groups is 1. The highest BCUT2D eigenvalue weighted by Gasteiger charge is 2.30. The van der Waals surface area contributed by atoms with Gasteiger partial charge in [-0.05, 0) is 48.4 Å². The maximum atomic E-state index is 13.5. The number of para-hydroxylation sites is 1. The number of nitrogens with zero attached hydrogens (tertiary/aromatic N) is 3. The van der Waals surface area contributed by atoms with Gasteiger partial charge in [0.05, 0.1) is 10.6 Å². The fourth-order valence-corrected chi connectivity index (χ4v) is 5.44. The lowest BCUT2D eigenvalue weighted by atomic mass is 10.1. The first-order chi connectivity index (χ1) is 16.0. The smallest absolute Gasteiger partial charge is 0.264 e.